The highest BCUT2D eigenvalue weighted by atomic mass is 16.2. The first-order valence-corrected chi connectivity index (χ1v) is 6.12. The number of amides is 1. The number of carbonyl (C=O) groups is 1. The highest BCUT2D eigenvalue weighted by Crippen LogP contribution is 2.22. The molecule has 0 spiro atoms. The van der Waals surface area contributed by atoms with E-state index in [1.165, 1.54) is 0 Å². The van der Waals surface area contributed by atoms with Gasteiger partial charge in [0.15, 0.2) is 0 Å². The van der Waals surface area contributed by atoms with Gasteiger partial charge >= 0.3 is 0 Å². The molecule has 0 aliphatic carbocycles. The molecule has 1 amide bonds. The third-order valence-corrected chi connectivity index (χ3v) is 2.97. The second kappa shape index (κ2) is 6.46. The predicted molar refractivity (Wildman–Crippen MR) is 67.5 cm³/mol. The quantitative estimate of drug-likeness (QED) is 0.658. The molecule has 0 aromatic carbocycles. The molecule has 0 saturated carbocycles. The summed E-state index contributed by atoms with van der Waals surface area (Å²) in [6.45, 7) is 7.61. The fourth-order valence-corrected chi connectivity index (χ4v) is 2.18. The van der Waals surface area contributed by atoms with Gasteiger partial charge in [-0.25, -0.2) is 0 Å². The Morgan fingerprint density at radius 3 is 2.88 bits per heavy atom. The van der Waals surface area contributed by atoms with Crippen molar-refractivity contribution < 1.29 is 4.79 Å². The van der Waals surface area contributed by atoms with E-state index in [2.05, 4.69) is 11.9 Å². The van der Waals surface area contributed by atoms with Gasteiger partial charge in [-0.1, -0.05) is 19.4 Å². The maximum Gasteiger partial charge on any atom is 0.223 e. The number of hydrogen-bond acceptors (Lipinski definition) is 2. The molecule has 0 aromatic rings. The number of carbonyl (C=O) groups excluding carboxylic acids is 1. The zero-order valence-electron chi connectivity index (χ0n) is 10.6. The lowest BCUT2D eigenvalue weighted by Gasteiger charge is -2.16. The van der Waals surface area contributed by atoms with Crippen LogP contribution in [0, 0.1) is 5.92 Å². The summed E-state index contributed by atoms with van der Waals surface area (Å²) in [4.78, 5) is 17.9. The van der Waals surface area contributed by atoms with Crippen LogP contribution in [0.2, 0.25) is 0 Å². The molecule has 1 heterocycles. The zero-order chi connectivity index (χ0) is 12.0. The zero-order valence-corrected chi connectivity index (χ0v) is 10.6. The summed E-state index contributed by atoms with van der Waals surface area (Å²) in [5.74, 6) is 0.838. The van der Waals surface area contributed by atoms with Crippen LogP contribution in [0.1, 0.15) is 40.0 Å². The van der Waals surface area contributed by atoms with E-state index in [9.17, 15) is 4.79 Å². The van der Waals surface area contributed by atoms with Crippen molar-refractivity contribution in [2.45, 2.75) is 40.0 Å². The molecule has 1 unspecified atom stereocenters. The summed E-state index contributed by atoms with van der Waals surface area (Å²) in [6, 6.07) is 0. The van der Waals surface area contributed by atoms with E-state index >= 15 is 0 Å². The van der Waals surface area contributed by atoms with Crippen LogP contribution in [0.3, 0.4) is 0 Å². The van der Waals surface area contributed by atoms with E-state index in [1.54, 1.807) is 6.21 Å². The van der Waals surface area contributed by atoms with Gasteiger partial charge in [0.1, 0.15) is 0 Å². The molecular weight excluding hydrogens is 200 g/mol. The van der Waals surface area contributed by atoms with Crippen LogP contribution >= 0.6 is 0 Å². The van der Waals surface area contributed by atoms with E-state index in [0.29, 0.717) is 12.5 Å². The molecule has 90 valence electrons. The average molecular weight is 222 g/mol. The van der Waals surface area contributed by atoms with Gasteiger partial charge in [-0.15, -0.1) is 0 Å². The highest BCUT2D eigenvalue weighted by Gasteiger charge is 2.28. The van der Waals surface area contributed by atoms with Crippen molar-refractivity contribution in [3.05, 3.63) is 11.8 Å². The summed E-state index contributed by atoms with van der Waals surface area (Å²) in [5, 5.41) is 0. The fraction of sp³-hybridized carbons (Fsp3) is 0.692. The summed E-state index contributed by atoms with van der Waals surface area (Å²) >= 11 is 0. The Morgan fingerprint density at radius 1 is 1.56 bits per heavy atom. The maximum absolute atomic E-state index is 11.8. The maximum atomic E-state index is 11.8. The van der Waals surface area contributed by atoms with E-state index < -0.39 is 0 Å². The average Bonchev–Trinajstić information content (AvgIpc) is 2.59. The van der Waals surface area contributed by atoms with Gasteiger partial charge in [-0.3, -0.25) is 9.79 Å². The molecule has 0 aromatic heterocycles. The minimum absolute atomic E-state index is 0.282. The molecule has 1 aliphatic heterocycles. The van der Waals surface area contributed by atoms with E-state index in [1.807, 2.05) is 24.8 Å². The topological polar surface area (TPSA) is 32.7 Å². The van der Waals surface area contributed by atoms with Gasteiger partial charge in [0, 0.05) is 19.2 Å². The first kappa shape index (κ1) is 12.9. The van der Waals surface area contributed by atoms with Crippen LogP contribution < -0.4 is 0 Å². The fourth-order valence-electron chi connectivity index (χ4n) is 2.18. The van der Waals surface area contributed by atoms with Gasteiger partial charge in [-0.2, -0.15) is 0 Å². The lowest BCUT2D eigenvalue weighted by molar-refractivity contribution is -0.127. The Kier molecular flexibility index (Phi) is 5.23. The normalized spacial score (nSPS) is 22.4. The minimum atomic E-state index is 0.282. The molecule has 16 heavy (non-hydrogen) atoms. The molecule has 3 nitrogen and oxygen atoms in total. The Labute approximate surface area is 98.2 Å². The lowest BCUT2D eigenvalue weighted by Crippen LogP contribution is -2.27. The smallest absolute Gasteiger partial charge is 0.223 e. The van der Waals surface area contributed by atoms with Crippen molar-refractivity contribution in [3.63, 3.8) is 0 Å². The van der Waals surface area contributed by atoms with E-state index in [4.69, 9.17) is 0 Å². The van der Waals surface area contributed by atoms with Gasteiger partial charge in [0.25, 0.3) is 0 Å². The monoisotopic (exact) mass is 222 g/mol. The number of allylic oxidation sites excluding steroid dienone is 1. The molecular formula is C13H22N2O. The minimum Gasteiger partial charge on any atom is -0.337 e. The number of rotatable bonds is 5. The van der Waals surface area contributed by atoms with E-state index in [0.717, 1.165) is 31.5 Å². The Bertz CT molecular complexity index is 294. The first-order chi connectivity index (χ1) is 7.71. The molecule has 1 aliphatic rings. The van der Waals surface area contributed by atoms with Crippen molar-refractivity contribution >= 4 is 12.1 Å². The van der Waals surface area contributed by atoms with Gasteiger partial charge < -0.3 is 4.90 Å². The molecule has 1 fully saturated rings. The van der Waals surface area contributed by atoms with Crippen molar-refractivity contribution in [1.82, 2.24) is 4.90 Å². The molecule has 0 radical (unpaired) electrons. The SMILES string of the molecule is CC=N/C(=C\C)CN1CC(CCC)CC1=O. The van der Waals surface area contributed by atoms with Crippen molar-refractivity contribution in [3.8, 4) is 0 Å². The van der Waals surface area contributed by atoms with E-state index in [-0.39, 0.29) is 5.91 Å². The van der Waals surface area contributed by atoms with Crippen molar-refractivity contribution in [1.29, 1.82) is 0 Å². The Hall–Kier alpha value is -1.12. The van der Waals surface area contributed by atoms with Gasteiger partial charge in [-0.05, 0) is 26.2 Å². The van der Waals surface area contributed by atoms with Gasteiger partial charge in [0.05, 0.1) is 12.2 Å². The summed E-state index contributed by atoms with van der Waals surface area (Å²) < 4.78 is 0. The molecule has 0 N–H and O–H groups in total. The van der Waals surface area contributed by atoms with Crippen molar-refractivity contribution in [2.24, 2.45) is 10.9 Å². The van der Waals surface area contributed by atoms with Crippen molar-refractivity contribution in [2.75, 3.05) is 13.1 Å². The van der Waals surface area contributed by atoms with Crippen LogP contribution in [0.15, 0.2) is 16.8 Å². The standard InChI is InChI=1S/C13H22N2O/c1-4-7-11-8-13(16)15(9-11)10-12(5-2)14-6-3/h5-6,11H,4,7-10H2,1-3H3/b12-5-,14-6?. The highest BCUT2D eigenvalue weighted by molar-refractivity contribution is 5.79. The largest absolute Gasteiger partial charge is 0.337 e. The van der Waals surface area contributed by atoms with Gasteiger partial charge in [0.2, 0.25) is 5.91 Å². The second-order valence-electron chi connectivity index (χ2n) is 4.30. The number of likely N-dealkylation sites (tertiary alicyclic amines) is 1. The third kappa shape index (κ3) is 3.47. The second-order valence-corrected chi connectivity index (χ2v) is 4.30. The third-order valence-electron chi connectivity index (χ3n) is 2.97. The predicted octanol–water partition coefficient (Wildman–Crippen LogP) is 2.63. The summed E-state index contributed by atoms with van der Waals surface area (Å²) in [6.07, 6.45) is 6.79. The number of hydrogen-bond donors (Lipinski definition) is 0. The first-order valence-electron chi connectivity index (χ1n) is 6.12. The van der Waals surface area contributed by atoms with Crippen LogP contribution in [-0.2, 0) is 4.79 Å². The molecule has 1 saturated heterocycles. The summed E-state index contributed by atoms with van der Waals surface area (Å²) in [5.41, 5.74) is 0.980. The Morgan fingerprint density at radius 2 is 2.31 bits per heavy atom. The van der Waals surface area contributed by atoms with Crippen LogP contribution in [0.5, 0.6) is 0 Å². The molecule has 1 rings (SSSR count). The van der Waals surface area contributed by atoms with Crippen LogP contribution in [0.25, 0.3) is 0 Å². The molecule has 0 bridgehead atoms. The lowest BCUT2D eigenvalue weighted by atomic mass is 10.0. The number of nitrogens with zero attached hydrogens (tertiary/aromatic N) is 2. The molecule has 1 atom stereocenters. The summed E-state index contributed by atoms with van der Waals surface area (Å²) in [7, 11) is 0. The van der Waals surface area contributed by atoms with Crippen LogP contribution in [-0.4, -0.2) is 30.1 Å². The van der Waals surface area contributed by atoms with Crippen LogP contribution in [0.4, 0.5) is 0 Å². The Balaban J connectivity index is 2.52. The molecule has 3 heteroatoms. The number of aliphatic imine (C=N–C) groups is 1.